The number of hydrogen-bond acceptors (Lipinski definition) is 2. The van der Waals surface area contributed by atoms with Crippen molar-refractivity contribution in [3.05, 3.63) is 65.5 Å². The van der Waals surface area contributed by atoms with Gasteiger partial charge in [0.05, 0.1) is 0 Å². The number of likely N-dealkylation sites (tertiary alicyclic amines) is 1. The number of nitrogens with zero attached hydrogens (tertiary/aromatic N) is 1. The second-order valence-electron chi connectivity index (χ2n) is 7.47. The molecule has 0 aliphatic carbocycles. The Balaban J connectivity index is 1.44. The summed E-state index contributed by atoms with van der Waals surface area (Å²) in [6.07, 6.45) is 5.21. The molecule has 3 rings (SSSR count). The van der Waals surface area contributed by atoms with Crippen LogP contribution in [-0.4, -0.2) is 23.9 Å². The Morgan fingerprint density at radius 2 is 1.67 bits per heavy atom. The van der Waals surface area contributed by atoms with Gasteiger partial charge in [0, 0.05) is 18.2 Å². The number of halogens is 1. The first-order valence-electron chi connectivity index (χ1n) is 10.0. The van der Waals surface area contributed by atoms with Gasteiger partial charge in [-0.1, -0.05) is 37.6 Å². The number of rotatable bonds is 7. The molecule has 0 atom stereocenters. The Morgan fingerprint density at radius 3 is 2.30 bits per heavy atom. The molecule has 1 saturated heterocycles. The summed E-state index contributed by atoms with van der Waals surface area (Å²) in [4.78, 5) is 14.9. The van der Waals surface area contributed by atoms with Crippen LogP contribution in [0.2, 0.25) is 0 Å². The zero-order valence-electron chi connectivity index (χ0n) is 16.1. The molecule has 1 aliphatic rings. The molecule has 1 fully saturated rings. The molecule has 0 radical (unpaired) electrons. The van der Waals surface area contributed by atoms with E-state index in [1.807, 2.05) is 24.3 Å². The van der Waals surface area contributed by atoms with Gasteiger partial charge in [0.2, 0.25) is 5.91 Å². The highest BCUT2D eigenvalue weighted by Crippen LogP contribution is 2.21. The van der Waals surface area contributed by atoms with Gasteiger partial charge in [-0.15, -0.1) is 0 Å². The van der Waals surface area contributed by atoms with E-state index < -0.39 is 0 Å². The normalized spacial score (nSPS) is 15.6. The van der Waals surface area contributed by atoms with Crippen molar-refractivity contribution in [3.8, 4) is 0 Å². The van der Waals surface area contributed by atoms with Gasteiger partial charge in [-0.25, -0.2) is 4.39 Å². The van der Waals surface area contributed by atoms with Crippen molar-refractivity contribution in [3.63, 3.8) is 0 Å². The topological polar surface area (TPSA) is 32.3 Å². The number of carbonyl (C=O) groups is 1. The van der Waals surface area contributed by atoms with Crippen LogP contribution in [0, 0.1) is 11.7 Å². The van der Waals surface area contributed by atoms with E-state index in [4.69, 9.17) is 0 Å². The van der Waals surface area contributed by atoms with Gasteiger partial charge >= 0.3 is 0 Å². The number of benzene rings is 2. The van der Waals surface area contributed by atoms with Gasteiger partial charge in [-0.2, -0.15) is 0 Å². The second-order valence-corrected chi connectivity index (χ2v) is 7.47. The zero-order valence-corrected chi connectivity index (χ0v) is 16.1. The molecule has 144 valence electrons. The number of unbranched alkanes of at least 4 members (excludes halogenated alkanes) is 1. The van der Waals surface area contributed by atoms with Gasteiger partial charge < -0.3 is 5.32 Å². The summed E-state index contributed by atoms with van der Waals surface area (Å²) in [5, 5.41) is 3.07. The van der Waals surface area contributed by atoms with Gasteiger partial charge in [0.1, 0.15) is 5.82 Å². The molecule has 0 spiro atoms. The highest BCUT2D eigenvalue weighted by molar-refractivity contribution is 5.92. The second kappa shape index (κ2) is 9.65. The summed E-state index contributed by atoms with van der Waals surface area (Å²) in [6, 6.07) is 14.9. The SMILES string of the molecule is CCCCc1ccc(NC(=O)C2CCN(Cc3ccc(F)cc3)CC2)cc1. The van der Waals surface area contributed by atoms with Crippen molar-refractivity contribution in [1.29, 1.82) is 0 Å². The predicted molar refractivity (Wildman–Crippen MR) is 108 cm³/mol. The molecule has 0 saturated carbocycles. The van der Waals surface area contributed by atoms with Crippen molar-refractivity contribution in [1.82, 2.24) is 4.90 Å². The lowest BCUT2D eigenvalue weighted by molar-refractivity contribution is -0.121. The van der Waals surface area contributed by atoms with Crippen LogP contribution in [0.4, 0.5) is 10.1 Å². The fraction of sp³-hybridized carbons (Fsp3) is 0.435. The number of aryl methyl sites for hydroxylation is 1. The van der Waals surface area contributed by atoms with E-state index in [-0.39, 0.29) is 17.6 Å². The number of hydrogen-bond donors (Lipinski definition) is 1. The highest BCUT2D eigenvalue weighted by atomic mass is 19.1. The first-order valence-corrected chi connectivity index (χ1v) is 10.0. The van der Waals surface area contributed by atoms with Crippen molar-refractivity contribution in [2.75, 3.05) is 18.4 Å². The van der Waals surface area contributed by atoms with E-state index in [9.17, 15) is 9.18 Å². The monoisotopic (exact) mass is 368 g/mol. The van der Waals surface area contributed by atoms with Crippen LogP contribution in [0.1, 0.15) is 43.7 Å². The van der Waals surface area contributed by atoms with E-state index in [1.54, 1.807) is 0 Å². The molecular weight excluding hydrogens is 339 g/mol. The average Bonchev–Trinajstić information content (AvgIpc) is 2.70. The third-order valence-corrected chi connectivity index (χ3v) is 5.32. The minimum Gasteiger partial charge on any atom is -0.326 e. The molecule has 1 aliphatic heterocycles. The largest absolute Gasteiger partial charge is 0.326 e. The van der Waals surface area contributed by atoms with Crippen LogP contribution in [-0.2, 0) is 17.8 Å². The lowest BCUT2D eigenvalue weighted by Gasteiger charge is -2.31. The summed E-state index contributed by atoms with van der Waals surface area (Å²) in [5.74, 6) is -0.0144. The molecule has 3 nitrogen and oxygen atoms in total. The van der Waals surface area contributed by atoms with E-state index in [1.165, 1.54) is 30.5 Å². The first-order chi connectivity index (χ1) is 13.1. The maximum atomic E-state index is 13.0. The van der Waals surface area contributed by atoms with Crippen LogP contribution in [0.15, 0.2) is 48.5 Å². The number of nitrogens with one attached hydrogen (secondary N) is 1. The van der Waals surface area contributed by atoms with Crippen molar-refractivity contribution in [2.45, 2.75) is 45.6 Å². The summed E-state index contributed by atoms with van der Waals surface area (Å²) in [6.45, 7) is 4.80. The third-order valence-electron chi connectivity index (χ3n) is 5.32. The molecule has 1 heterocycles. The van der Waals surface area contributed by atoms with Gasteiger partial charge in [0.15, 0.2) is 0 Å². The molecule has 27 heavy (non-hydrogen) atoms. The number of amides is 1. The van der Waals surface area contributed by atoms with Gasteiger partial charge in [-0.3, -0.25) is 9.69 Å². The highest BCUT2D eigenvalue weighted by Gasteiger charge is 2.25. The lowest BCUT2D eigenvalue weighted by atomic mass is 9.95. The van der Waals surface area contributed by atoms with Gasteiger partial charge in [-0.05, 0) is 74.2 Å². The minimum absolute atomic E-state index is 0.0641. The van der Waals surface area contributed by atoms with Crippen molar-refractivity contribution < 1.29 is 9.18 Å². The quantitative estimate of drug-likeness (QED) is 0.744. The lowest BCUT2D eigenvalue weighted by Crippen LogP contribution is -2.37. The Morgan fingerprint density at radius 1 is 1.04 bits per heavy atom. The fourth-order valence-electron chi connectivity index (χ4n) is 3.58. The van der Waals surface area contributed by atoms with E-state index in [2.05, 4.69) is 29.3 Å². The molecule has 0 unspecified atom stereocenters. The summed E-state index contributed by atoms with van der Waals surface area (Å²) < 4.78 is 13.0. The van der Waals surface area contributed by atoms with Crippen molar-refractivity contribution >= 4 is 11.6 Å². The van der Waals surface area contributed by atoms with Gasteiger partial charge in [0.25, 0.3) is 0 Å². The standard InChI is InChI=1S/C23H29FN2O/c1-2-3-4-18-7-11-22(12-8-18)25-23(27)20-13-15-26(16-14-20)17-19-5-9-21(24)10-6-19/h5-12,20H,2-4,13-17H2,1H3,(H,25,27). The Bertz CT molecular complexity index is 719. The molecule has 4 heteroatoms. The number of anilines is 1. The molecule has 0 aromatic heterocycles. The Kier molecular flexibility index (Phi) is 6.99. The average molecular weight is 368 g/mol. The first kappa shape index (κ1) is 19.6. The fourth-order valence-corrected chi connectivity index (χ4v) is 3.58. The maximum absolute atomic E-state index is 13.0. The molecule has 2 aromatic rings. The predicted octanol–water partition coefficient (Wildman–Crippen LogP) is 5.02. The number of piperidine rings is 1. The summed E-state index contributed by atoms with van der Waals surface area (Å²) in [7, 11) is 0. The molecule has 1 N–H and O–H groups in total. The number of carbonyl (C=O) groups excluding carboxylic acids is 1. The Hall–Kier alpha value is -2.20. The minimum atomic E-state index is -0.201. The van der Waals surface area contributed by atoms with Crippen LogP contribution < -0.4 is 5.32 Å². The van der Waals surface area contributed by atoms with E-state index >= 15 is 0 Å². The van der Waals surface area contributed by atoms with E-state index in [0.717, 1.165) is 50.1 Å². The zero-order chi connectivity index (χ0) is 19.1. The maximum Gasteiger partial charge on any atom is 0.227 e. The molecule has 0 bridgehead atoms. The molecular formula is C23H29FN2O. The van der Waals surface area contributed by atoms with Crippen LogP contribution in [0.25, 0.3) is 0 Å². The van der Waals surface area contributed by atoms with Crippen LogP contribution in [0.5, 0.6) is 0 Å². The van der Waals surface area contributed by atoms with Crippen LogP contribution in [0.3, 0.4) is 0 Å². The molecule has 1 amide bonds. The Labute approximate surface area is 161 Å². The van der Waals surface area contributed by atoms with E-state index in [0.29, 0.717) is 0 Å². The summed E-state index contributed by atoms with van der Waals surface area (Å²) >= 11 is 0. The van der Waals surface area contributed by atoms with Crippen LogP contribution >= 0.6 is 0 Å². The molecule has 2 aromatic carbocycles. The smallest absolute Gasteiger partial charge is 0.227 e. The third kappa shape index (κ3) is 5.90. The summed E-state index contributed by atoms with van der Waals surface area (Å²) in [5.41, 5.74) is 3.32. The van der Waals surface area contributed by atoms with Crippen molar-refractivity contribution in [2.24, 2.45) is 5.92 Å².